The Kier molecular flexibility index (Phi) is 5.43. The summed E-state index contributed by atoms with van der Waals surface area (Å²) in [6.07, 6.45) is 0. The van der Waals surface area contributed by atoms with Crippen LogP contribution in [-0.4, -0.2) is 36.5 Å². The van der Waals surface area contributed by atoms with Gasteiger partial charge in [0.25, 0.3) is 0 Å². The van der Waals surface area contributed by atoms with E-state index in [1.807, 2.05) is 17.0 Å². The number of hydrogen-bond acceptors (Lipinski definition) is 5. The molecule has 0 spiro atoms. The number of sulfonamides is 1. The van der Waals surface area contributed by atoms with Crippen molar-refractivity contribution in [2.45, 2.75) is 4.90 Å². The molecule has 0 atom stereocenters. The van der Waals surface area contributed by atoms with E-state index in [9.17, 15) is 13.5 Å². The second-order valence-corrected chi connectivity index (χ2v) is 9.48. The SMILES string of the molecule is CN(C)S(=O)(=O)c1cc(Cl)cc(-c2cs/c(=N/c3ccc(O)cc3)n2C)c1. The minimum absolute atomic E-state index is 0.137. The van der Waals surface area contributed by atoms with Crippen molar-refractivity contribution in [3.05, 3.63) is 57.7 Å². The summed E-state index contributed by atoms with van der Waals surface area (Å²) in [5, 5.41) is 11.6. The molecular formula is C18H18ClN3O3S2. The van der Waals surface area contributed by atoms with Crippen LogP contribution in [0.2, 0.25) is 5.02 Å². The van der Waals surface area contributed by atoms with E-state index in [2.05, 4.69) is 4.99 Å². The van der Waals surface area contributed by atoms with Crippen molar-refractivity contribution in [1.29, 1.82) is 0 Å². The summed E-state index contributed by atoms with van der Waals surface area (Å²) in [6, 6.07) is 11.3. The maximum atomic E-state index is 12.5. The Labute approximate surface area is 166 Å². The molecule has 9 heteroatoms. The number of halogens is 1. The van der Waals surface area contributed by atoms with Gasteiger partial charge in [-0.2, -0.15) is 0 Å². The van der Waals surface area contributed by atoms with Crippen LogP contribution in [0.1, 0.15) is 0 Å². The molecule has 3 aromatic rings. The van der Waals surface area contributed by atoms with E-state index >= 15 is 0 Å². The molecular weight excluding hydrogens is 406 g/mol. The molecule has 0 bridgehead atoms. The second-order valence-electron chi connectivity index (χ2n) is 6.05. The highest BCUT2D eigenvalue weighted by atomic mass is 35.5. The summed E-state index contributed by atoms with van der Waals surface area (Å²) < 4.78 is 27.9. The van der Waals surface area contributed by atoms with E-state index in [0.717, 1.165) is 14.8 Å². The Balaban J connectivity index is 2.10. The Morgan fingerprint density at radius 1 is 1.15 bits per heavy atom. The van der Waals surface area contributed by atoms with Crippen LogP contribution >= 0.6 is 22.9 Å². The van der Waals surface area contributed by atoms with Crippen LogP contribution in [0.25, 0.3) is 11.3 Å². The Morgan fingerprint density at radius 2 is 1.81 bits per heavy atom. The summed E-state index contributed by atoms with van der Waals surface area (Å²) >= 11 is 7.60. The summed E-state index contributed by atoms with van der Waals surface area (Å²) in [6.45, 7) is 0. The molecule has 0 saturated carbocycles. The van der Waals surface area contributed by atoms with Gasteiger partial charge < -0.3 is 9.67 Å². The highest BCUT2D eigenvalue weighted by Crippen LogP contribution is 2.28. The maximum absolute atomic E-state index is 12.5. The number of rotatable bonds is 4. The van der Waals surface area contributed by atoms with Gasteiger partial charge in [0.1, 0.15) is 5.75 Å². The highest BCUT2D eigenvalue weighted by molar-refractivity contribution is 7.89. The van der Waals surface area contributed by atoms with Crippen molar-refractivity contribution in [1.82, 2.24) is 8.87 Å². The molecule has 0 aliphatic rings. The molecule has 1 N–H and O–H groups in total. The van der Waals surface area contributed by atoms with Gasteiger partial charge in [0.05, 0.1) is 16.3 Å². The molecule has 1 heterocycles. The predicted octanol–water partition coefficient (Wildman–Crippen LogP) is 3.60. The molecule has 0 radical (unpaired) electrons. The van der Waals surface area contributed by atoms with Gasteiger partial charge in [0, 0.05) is 37.1 Å². The summed E-state index contributed by atoms with van der Waals surface area (Å²) in [5.74, 6) is 0.179. The van der Waals surface area contributed by atoms with E-state index in [1.54, 1.807) is 36.4 Å². The predicted molar refractivity (Wildman–Crippen MR) is 108 cm³/mol. The third-order valence-corrected chi connectivity index (χ3v) is 6.87. The van der Waals surface area contributed by atoms with E-state index < -0.39 is 10.0 Å². The Hall–Kier alpha value is -2.13. The summed E-state index contributed by atoms with van der Waals surface area (Å²) in [7, 11) is 1.22. The van der Waals surface area contributed by atoms with Gasteiger partial charge in [-0.1, -0.05) is 11.6 Å². The average molecular weight is 424 g/mol. The summed E-state index contributed by atoms with van der Waals surface area (Å²) in [5.41, 5.74) is 2.20. The Morgan fingerprint density at radius 3 is 2.44 bits per heavy atom. The minimum Gasteiger partial charge on any atom is -0.508 e. The van der Waals surface area contributed by atoms with Crippen molar-refractivity contribution >= 4 is 38.6 Å². The third kappa shape index (κ3) is 4.08. The standard InChI is InChI=1S/C18H18ClN3O3S2/c1-21(2)27(24,25)16-9-12(8-13(19)10-16)17-11-26-18(22(17)3)20-14-4-6-15(23)7-5-14/h4-11,23H,1-3H3/b20-18+. The quantitative estimate of drug-likeness (QED) is 0.696. The van der Waals surface area contributed by atoms with E-state index in [0.29, 0.717) is 16.3 Å². The molecule has 0 aliphatic heterocycles. The van der Waals surface area contributed by atoms with Crippen LogP contribution in [-0.2, 0) is 17.1 Å². The average Bonchev–Trinajstić information content (AvgIpc) is 2.97. The lowest BCUT2D eigenvalue weighted by atomic mass is 10.2. The van der Waals surface area contributed by atoms with Crippen molar-refractivity contribution in [2.24, 2.45) is 12.0 Å². The highest BCUT2D eigenvalue weighted by Gasteiger charge is 2.19. The van der Waals surface area contributed by atoms with Crippen LogP contribution in [0.4, 0.5) is 5.69 Å². The van der Waals surface area contributed by atoms with Crippen molar-refractivity contribution in [3.63, 3.8) is 0 Å². The first-order chi connectivity index (χ1) is 12.7. The van der Waals surface area contributed by atoms with Crippen molar-refractivity contribution < 1.29 is 13.5 Å². The molecule has 0 fully saturated rings. The molecule has 1 aromatic heterocycles. The van der Waals surface area contributed by atoms with E-state index in [4.69, 9.17) is 11.6 Å². The number of benzene rings is 2. The fourth-order valence-electron chi connectivity index (χ4n) is 2.44. The fraction of sp³-hybridized carbons (Fsp3) is 0.167. The van der Waals surface area contributed by atoms with E-state index in [1.165, 1.54) is 31.5 Å². The van der Waals surface area contributed by atoms with Gasteiger partial charge in [-0.05, 0) is 42.5 Å². The number of nitrogens with zero attached hydrogens (tertiary/aromatic N) is 3. The monoisotopic (exact) mass is 423 g/mol. The van der Waals surface area contributed by atoms with Gasteiger partial charge in [0.2, 0.25) is 10.0 Å². The van der Waals surface area contributed by atoms with Gasteiger partial charge >= 0.3 is 0 Å². The maximum Gasteiger partial charge on any atom is 0.242 e. The van der Waals surface area contributed by atoms with Crippen molar-refractivity contribution in [3.8, 4) is 17.0 Å². The van der Waals surface area contributed by atoms with E-state index in [-0.39, 0.29) is 10.6 Å². The van der Waals surface area contributed by atoms with Gasteiger partial charge in [0.15, 0.2) is 4.80 Å². The molecule has 2 aromatic carbocycles. The lowest BCUT2D eigenvalue weighted by Crippen LogP contribution is -2.22. The summed E-state index contributed by atoms with van der Waals surface area (Å²) in [4.78, 5) is 5.43. The largest absolute Gasteiger partial charge is 0.508 e. The lowest BCUT2D eigenvalue weighted by molar-refractivity contribution is 0.475. The molecule has 0 amide bonds. The first kappa shape index (κ1) is 19.6. The van der Waals surface area contributed by atoms with Crippen LogP contribution in [0, 0.1) is 0 Å². The molecule has 27 heavy (non-hydrogen) atoms. The van der Waals surface area contributed by atoms with Gasteiger partial charge in [-0.25, -0.2) is 17.7 Å². The topological polar surface area (TPSA) is 74.9 Å². The molecule has 3 rings (SSSR count). The zero-order valence-electron chi connectivity index (χ0n) is 14.9. The number of phenolic OH excluding ortho intramolecular Hbond substituents is 1. The second kappa shape index (κ2) is 7.47. The third-order valence-electron chi connectivity index (χ3n) is 3.94. The van der Waals surface area contributed by atoms with Crippen LogP contribution in [0.5, 0.6) is 5.75 Å². The smallest absolute Gasteiger partial charge is 0.242 e. The molecule has 0 aliphatic carbocycles. The first-order valence-corrected chi connectivity index (χ1v) is 10.6. The minimum atomic E-state index is -3.59. The zero-order valence-corrected chi connectivity index (χ0v) is 17.3. The number of aromatic nitrogens is 1. The lowest BCUT2D eigenvalue weighted by Gasteiger charge is -2.13. The van der Waals surface area contributed by atoms with Crippen LogP contribution in [0.15, 0.2) is 57.7 Å². The molecule has 6 nitrogen and oxygen atoms in total. The van der Waals surface area contributed by atoms with Crippen LogP contribution < -0.4 is 4.80 Å². The number of phenols is 1. The zero-order chi connectivity index (χ0) is 19.8. The van der Waals surface area contributed by atoms with Crippen molar-refractivity contribution in [2.75, 3.05) is 14.1 Å². The van der Waals surface area contributed by atoms with Crippen LogP contribution in [0.3, 0.4) is 0 Å². The van der Waals surface area contributed by atoms with Gasteiger partial charge in [-0.15, -0.1) is 11.3 Å². The molecule has 142 valence electrons. The fourth-order valence-corrected chi connectivity index (χ4v) is 4.64. The number of hydrogen-bond donors (Lipinski definition) is 1. The first-order valence-electron chi connectivity index (χ1n) is 7.90. The molecule has 0 unspecified atom stereocenters. The number of thiazole rings is 1. The normalized spacial score (nSPS) is 12.7. The van der Waals surface area contributed by atoms with Gasteiger partial charge in [-0.3, -0.25) is 0 Å². The number of aromatic hydroxyl groups is 1. The Bertz CT molecular complexity index is 1150. The molecule has 0 saturated heterocycles.